The highest BCUT2D eigenvalue weighted by Crippen LogP contribution is 2.11. The zero-order chi connectivity index (χ0) is 11.8. The highest BCUT2D eigenvalue weighted by Gasteiger charge is 2.12. The number of carboxylic acids is 1. The average Bonchev–Trinajstić information content (AvgIpc) is 2.13. The molecule has 86 valence electrons. The second kappa shape index (κ2) is 7.04. The number of esters is 1. The van der Waals surface area contributed by atoms with Crippen molar-refractivity contribution in [2.45, 2.75) is 39.7 Å². The van der Waals surface area contributed by atoms with E-state index in [0.29, 0.717) is 5.92 Å². The van der Waals surface area contributed by atoms with Crippen molar-refractivity contribution in [3.05, 3.63) is 12.2 Å². The molecule has 1 N–H and O–H groups in total. The Balaban J connectivity index is 4.07. The van der Waals surface area contributed by atoms with Crippen molar-refractivity contribution in [3.8, 4) is 0 Å². The number of carbonyl (C=O) groups excluding carboxylic acids is 1. The third kappa shape index (κ3) is 7.73. The number of carboxylic acid groups (broad SMARTS) is 1. The van der Waals surface area contributed by atoms with Crippen molar-refractivity contribution >= 4 is 11.9 Å². The van der Waals surface area contributed by atoms with Gasteiger partial charge in [0.15, 0.2) is 0 Å². The van der Waals surface area contributed by atoms with Crippen LogP contribution in [0.25, 0.3) is 0 Å². The largest absolute Gasteiger partial charge is 0.478 e. The van der Waals surface area contributed by atoms with E-state index in [1.807, 2.05) is 20.8 Å². The highest BCUT2D eigenvalue weighted by atomic mass is 16.5. The fourth-order valence-corrected chi connectivity index (χ4v) is 1.17. The van der Waals surface area contributed by atoms with E-state index in [2.05, 4.69) is 0 Å². The molecule has 15 heavy (non-hydrogen) atoms. The summed E-state index contributed by atoms with van der Waals surface area (Å²) in [6.45, 7) is 6.02. The molecule has 0 aromatic rings. The van der Waals surface area contributed by atoms with Gasteiger partial charge in [-0.1, -0.05) is 20.8 Å². The van der Waals surface area contributed by atoms with Gasteiger partial charge >= 0.3 is 11.9 Å². The molecule has 0 saturated heterocycles. The van der Waals surface area contributed by atoms with Crippen LogP contribution in [-0.4, -0.2) is 23.1 Å². The van der Waals surface area contributed by atoms with E-state index in [9.17, 15) is 9.59 Å². The van der Waals surface area contributed by atoms with Crippen molar-refractivity contribution in [2.75, 3.05) is 0 Å². The molecule has 4 heteroatoms. The SMILES string of the molecule is CCC(CC(C)C)OC(=O)/C=C/C(=O)O. The third-order valence-corrected chi connectivity index (χ3v) is 1.83. The summed E-state index contributed by atoms with van der Waals surface area (Å²) in [5.41, 5.74) is 0. The summed E-state index contributed by atoms with van der Waals surface area (Å²) in [5, 5.41) is 8.30. The number of ether oxygens (including phenoxy) is 1. The molecule has 0 saturated carbocycles. The van der Waals surface area contributed by atoms with Gasteiger partial charge in [0.05, 0.1) is 0 Å². The van der Waals surface area contributed by atoms with E-state index in [4.69, 9.17) is 9.84 Å². The molecule has 0 aliphatic rings. The Morgan fingerprint density at radius 2 is 1.93 bits per heavy atom. The quantitative estimate of drug-likeness (QED) is 0.542. The van der Waals surface area contributed by atoms with Gasteiger partial charge in [-0.15, -0.1) is 0 Å². The Labute approximate surface area is 89.9 Å². The minimum atomic E-state index is -1.15. The summed E-state index contributed by atoms with van der Waals surface area (Å²) in [7, 11) is 0. The minimum absolute atomic E-state index is 0.129. The summed E-state index contributed by atoms with van der Waals surface area (Å²) in [5.74, 6) is -1.29. The molecular formula is C11H18O4. The molecule has 0 aliphatic carbocycles. The number of hydrogen-bond donors (Lipinski definition) is 1. The van der Waals surface area contributed by atoms with Crippen LogP contribution in [0.3, 0.4) is 0 Å². The first-order valence-electron chi connectivity index (χ1n) is 5.07. The summed E-state index contributed by atoms with van der Waals surface area (Å²) in [4.78, 5) is 21.3. The smallest absolute Gasteiger partial charge is 0.331 e. The predicted molar refractivity (Wildman–Crippen MR) is 56.4 cm³/mol. The Morgan fingerprint density at radius 3 is 2.33 bits per heavy atom. The first-order valence-corrected chi connectivity index (χ1v) is 5.07. The Morgan fingerprint density at radius 1 is 1.33 bits per heavy atom. The number of rotatable bonds is 6. The molecular weight excluding hydrogens is 196 g/mol. The third-order valence-electron chi connectivity index (χ3n) is 1.83. The van der Waals surface area contributed by atoms with Gasteiger partial charge in [0, 0.05) is 12.2 Å². The van der Waals surface area contributed by atoms with E-state index < -0.39 is 11.9 Å². The second-order valence-corrected chi connectivity index (χ2v) is 3.77. The summed E-state index contributed by atoms with van der Waals surface area (Å²) in [6, 6.07) is 0. The van der Waals surface area contributed by atoms with Crippen molar-refractivity contribution in [1.29, 1.82) is 0 Å². The summed E-state index contributed by atoms with van der Waals surface area (Å²) < 4.78 is 5.07. The van der Waals surface area contributed by atoms with Gasteiger partial charge in [-0.05, 0) is 18.8 Å². The Hall–Kier alpha value is -1.32. The lowest BCUT2D eigenvalue weighted by Crippen LogP contribution is -2.18. The first kappa shape index (κ1) is 13.7. The Bertz CT molecular complexity index is 243. The molecule has 4 nitrogen and oxygen atoms in total. The van der Waals surface area contributed by atoms with Crippen LogP contribution in [0, 0.1) is 5.92 Å². The van der Waals surface area contributed by atoms with Crippen LogP contribution in [0.15, 0.2) is 12.2 Å². The topological polar surface area (TPSA) is 63.6 Å². The highest BCUT2D eigenvalue weighted by molar-refractivity contribution is 5.90. The summed E-state index contributed by atoms with van der Waals surface area (Å²) in [6.07, 6.45) is 3.12. The zero-order valence-electron chi connectivity index (χ0n) is 9.40. The van der Waals surface area contributed by atoms with Crippen LogP contribution in [0.5, 0.6) is 0 Å². The lowest BCUT2D eigenvalue weighted by Gasteiger charge is -2.16. The molecule has 0 spiro atoms. The van der Waals surface area contributed by atoms with E-state index in [1.54, 1.807) is 0 Å². The minimum Gasteiger partial charge on any atom is -0.478 e. The standard InChI is InChI=1S/C11H18O4/c1-4-9(7-8(2)3)15-11(14)6-5-10(12)13/h5-6,8-9H,4,7H2,1-3H3,(H,12,13)/b6-5+. The molecule has 0 radical (unpaired) electrons. The van der Waals surface area contributed by atoms with E-state index >= 15 is 0 Å². The normalized spacial score (nSPS) is 13.1. The van der Waals surface area contributed by atoms with Crippen molar-refractivity contribution in [2.24, 2.45) is 5.92 Å². The second-order valence-electron chi connectivity index (χ2n) is 3.77. The molecule has 0 aliphatic heterocycles. The van der Waals surface area contributed by atoms with Crippen LogP contribution in [0.2, 0.25) is 0 Å². The van der Waals surface area contributed by atoms with Gasteiger partial charge in [0.1, 0.15) is 6.10 Å². The predicted octanol–water partition coefficient (Wildman–Crippen LogP) is 2.00. The van der Waals surface area contributed by atoms with Gasteiger partial charge in [0.25, 0.3) is 0 Å². The number of carbonyl (C=O) groups is 2. The van der Waals surface area contributed by atoms with Gasteiger partial charge in [-0.2, -0.15) is 0 Å². The molecule has 1 unspecified atom stereocenters. The van der Waals surface area contributed by atoms with E-state index in [1.165, 1.54) is 0 Å². The molecule has 0 amide bonds. The van der Waals surface area contributed by atoms with Crippen LogP contribution >= 0.6 is 0 Å². The molecule has 1 atom stereocenters. The maximum Gasteiger partial charge on any atom is 0.331 e. The maximum atomic E-state index is 11.1. The van der Waals surface area contributed by atoms with Crippen LogP contribution in [-0.2, 0) is 14.3 Å². The molecule has 0 bridgehead atoms. The lowest BCUT2D eigenvalue weighted by atomic mass is 10.0. The lowest BCUT2D eigenvalue weighted by molar-refractivity contribution is -0.144. The van der Waals surface area contributed by atoms with Crippen molar-refractivity contribution < 1.29 is 19.4 Å². The summed E-state index contributed by atoms with van der Waals surface area (Å²) >= 11 is 0. The maximum absolute atomic E-state index is 11.1. The molecule has 0 aromatic heterocycles. The average molecular weight is 214 g/mol. The van der Waals surface area contributed by atoms with Gasteiger partial charge < -0.3 is 9.84 Å². The van der Waals surface area contributed by atoms with E-state index in [-0.39, 0.29) is 6.10 Å². The molecule has 0 aromatic carbocycles. The van der Waals surface area contributed by atoms with Crippen molar-refractivity contribution in [3.63, 3.8) is 0 Å². The monoisotopic (exact) mass is 214 g/mol. The fourth-order valence-electron chi connectivity index (χ4n) is 1.17. The van der Waals surface area contributed by atoms with Gasteiger partial charge in [-0.25, -0.2) is 9.59 Å². The van der Waals surface area contributed by atoms with Crippen LogP contribution in [0.4, 0.5) is 0 Å². The van der Waals surface area contributed by atoms with Crippen LogP contribution < -0.4 is 0 Å². The van der Waals surface area contributed by atoms with E-state index in [0.717, 1.165) is 25.0 Å². The zero-order valence-corrected chi connectivity index (χ0v) is 9.40. The fraction of sp³-hybridized carbons (Fsp3) is 0.636. The molecule has 0 fully saturated rings. The first-order chi connectivity index (χ1) is 6.95. The van der Waals surface area contributed by atoms with Crippen molar-refractivity contribution in [1.82, 2.24) is 0 Å². The molecule has 0 heterocycles. The van der Waals surface area contributed by atoms with Gasteiger partial charge in [-0.3, -0.25) is 0 Å². The number of hydrogen-bond acceptors (Lipinski definition) is 3. The molecule has 0 rings (SSSR count). The van der Waals surface area contributed by atoms with Gasteiger partial charge in [0.2, 0.25) is 0 Å². The van der Waals surface area contributed by atoms with Crippen LogP contribution in [0.1, 0.15) is 33.6 Å². The Kier molecular flexibility index (Phi) is 6.42. The number of aliphatic carboxylic acids is 1.